The average molecular weight is 254 g/mol. The number of rotatable bonds is 1. The number of hydrogen-bond donors (Lipinski definition) is 1. The van der Waals surface area contributed by atoms with Crippen molar-refractivity contribution >= 4 is 12.0 Å². The molecule has 0 aliphatic carbocycles. The fourth-order valence-corrected chi connectivity index (χ4v) is 3.21. The van der Waals surface area contributed by atoms with Gasteiger partial charge in [0.2, 0.25) is 0 Å². The van der Waals surface area contributed by atoms with E-state index in [1.807, 2.05) is 0 Å². The predicted octanol–water partition coefficient (Wildman–Crippen LogP) is 0.519. The molecule has 3 saturated heterocycles. The predicted molar refractivity (Wildman–Crippen MR) is 62.2 cm³/mol. The van der Waals surface area contributed by atoms with Crippen molar-refractivity contribution in [1.82, 2.24) is 9.80 Å². The lowest BCUT2D eigenvalue weighted by Crippen LogP contribution is -2.53. The van der Waals surface area contributed by atoms with E-state index in [9.17, 15) is 9.59 Å². The van der Waals surface area contributed by atoms with Crippen molar-refractivity contribution in [2.75, 3.05) is 19.6 Å². The molecule has 0 aromatic heterocycles. The van der Waals surface area contributed by atoms with Gasteiger partial charge >= 0.3 is 12.0 Å². The van der Waals surface area contributed by atoms with E-state index in [-0.39, 0.29) is 18.2 Å². The Morgan fingerprint density at radius 1 is 1.11 bits per heavy atom. The first-order valence-electron chi connectivity index (χ1n) is 6.59. The lowest BCUT2D eigenvalue weighted by Gasteiger charge is -2.35. The van der Waals surface area contributed by atoms with Crippen LogP contribution in [0.1, 0.15) is 25.7 Å². The smallest absolute Gasteiger partial charge is 0.326 e. The zero-order chi connectivity index (χ0) is 12.7. The van der Waals surface area contributed by atoms with Crippen LogP contribution in [0, 0.1) is 0 Å². The van der Waals surface area contributed by atoms with E-state index in [1.165, 1.54) is 4.90 Å². The topological polar surface area (TPSA) is 70.1 Å². The Bertz CT molecular complexity index is 361. The summed E-state index contributed by atoms with van der Waals surface area (Å²) < 4.78 is 5.69. The maximum absolute atomic E-state index is 12.4. The van der Waals surface area contributed by atoms with Gasteiger partial charge in [-0.3, -0.25) is 0 Å². The Morgan fingerprint density at radius 2 is 1.78 bits per heavy atom. The molecule has 0 saturated carbocycles. The Hall–Kier alpha value is -1.30. The number of carbonyl (C=O) groups is 2. The molecular formula is C12H18N2O4. The Morgan fingerprint density at radius 3 is 2.39 bits per heavy atom. The highest BCUT2D eigenvalue weighted by molar-refractivity contribution is 5.83. The van der Waals surface area contributed by atoms with Crippen LogP contribution >= 0.6 is 0 Å². The molecule has 18 heavy (non-hydrogen) atoms. The number of fused-ring (bicyclic) bond motifs is 2. The summed E-state index contributed by atoms with van der Waals surface area (Å²) in [5.74, 6) is -0.892. The van der Waals surface area contributed by atoms with E-state index in [2.05, 4.69) is 0 Å². The van der Waals surface area contributed by atoms with Crippen LogP contribution in [0.4, 0.5) is 4.79 Å². The maximum Gasteiger partial charge on any atom is 0.326 e. The van der Waals surface area contributed by atoms with E-state index in [4.69, 9.17) is 9.84 Å². The highest BCUT2D eigenvalue weighted by Crippen LogP contribution is 2.28. The van der Waals surface area contributed by atoms with Crippen LogP contribution in [-0.4, -0.2) is 64.8 Å². The van der Waals surface area contributed by atoms with Crippen LogP contribution in [0.15, 0.2) is 0 Å². The van der Waals surface area contributed by atoms with Crippen LogP contribution in [0.5, 0.6) is 0 Å². The van der Waals surface area contributed by atoms with Crippen molar-refractivity contribution in [3.05, 3.63) is 0 Å². The van der Waals surface area contributed by atoms with Gasteiger partial charge in [0.05, 0.1) is 12.2 Å². The molecule has 2 amide bonds. The van der Waals surface area contributed by atoms with Crippen LogP contribution in [-0.2, 0) is 9.53 Å². The summed E-state index contributed by atoms with van der Waals surface area (Å²) in [6.07, 6.45) is 3.67. The number of morpholine rings is 1. The summed E-state index contributed by atoms with van der Waals surface area (Å²) in [5, 5.41) is 9.11. The standard InChI is InChI=1S/C12H18N2O4/c15-11(16)10-2-1-5-14(10)12(17)13-6-8-3-4-9(7-13)18-8/h8-10H,1-7H2,(H,15,16)/t8?,9?,10-/m1/s1. The summed E-state index contributed by atoms with van der Waals surface area (Å²) in [4.78, 5) is 26.7. The highest BCUT2D eigenvalue weighted by Gasteiger charge is 2.41. The minimum Gasteiger partial charge on any atom is -0.480 e. The number of carboxylic acid groups (broad SMARTS) is 1. The van der Waals surface area contributed by atoms with Crippen LogP contribution in [0.3, 0.4) is 0 Å². The fourth-order valence-electron chi connectivity index (χ4n) is 3.21. The van der Waals surface area contributed by atoms with Gasteiger partial charge in [0, 0.05) is 19.6 Å². The highest BCUT2D eigenvalue weighted by atomic mass is 16.5. The molecule has 3 aliphatic rings. The van der Waals surface area contributed by atoms with E-state index < -0.39 is 12.0 Å². The largest absolute Gasteiger partial charge is 0.480 e. The molecule has 0 radical (unpaired) electrons. The molecule has 3 atom stereocenters. The lowest BCUT2D eigenvalue weighted by atomic mass is 10.2. The molecule has 2 unspecified atom stereocenters. The number of carboxylic acids is 1. The Balaban J connectivity index is 1.69. The third-order valence-electron chi connectivity index (χ3n) is 4.10. The van der Waals surface area contributed by atoms with Gasteiger partial charge in [-0.15, -0.1) is 0 Å². The van der Waals surface area contributed by atoms with Crippen LogP contribution in [0.25, 0.3) is 0 Å². The van der Waals surface area contributed by atoms with E-state index in [1.54, 1.807) is 4.90 Å². The van der Waals surface area contributed by atoms with E-state index >= 15 is 0 Å². The molecule has 2 bridgehead atoms. The first-order chi connectivity index (χ1) is 8.65. The van der Waals surface area contributed by atoms with Crippen molar-refractivity contribution in [1.29, 1.82) is 0 Å². The monoisotopic (exact) mass is 254 g/mol. The second-order valence-corrected chi connectivity index (χ2v) is 5.33. The maximum atomic E-state index is 12.4. The number of aliphatic carboxylic acids is 1. The van der Waals surface area contributed by atoms with E-state index in [0.29, 0.717) is 26.1 Å². The van der Waals surface area contributed by atoms with Crippen molar-refractivity contribution in [3.8, 4) is 0 Å². The number of nitrogens with zero attached hydrogens (tertiary/aromatic N) is 2. The van der Waals surface area contributed by atoms with Gasteiger partial charge < -0.3 is 19.6 Å². The van der Waals surface area contributed by atoms with Gasteiger partial charge in [0.15, 0.2) is 0 Å². The first-order valence-corrected chi connectivity index (χ1v) is 6.59. The van der Waals surface area contributed by atoms with E-state index in [0.717, 1.165) is 19.3 Å². The molecule has 6 nitrogen and oxygen atoms in total. The van der Waals surface area contributed by atoms with Gasteiger partial charge in [-0.2, -0.15) is 0 Å². The number of hydrogen-bond acceptors (Lipinski definition) is 3. The number of carbonyl (C=O) groups excluding carboxylic acids is 1. The minimum absolute atomic E-state index is 0.125. The second kappa shape index (κ2) is 4.42. The van der Waals surface area contributed by atoms with Gasteiger partial charge in [-0.05, 0) is 25.7 Å². The van der Waals surface area contributed by atoms with Gasteiger partial charge in [0.1, 0.15) is 6.04 Å². The summed E-state index contributed by atoms with van der Waals surface area (Å²) in [6.45, 7) is 1.78. The molecule has 3 rings (SSSR count). The number of amides is 2. The SMILES string of the molecule is O=C(O)[C@H]1CCCN1C(=O)N1CC2CCC(C1)O2. The van der Waals surface area contributed by atoms with Crippen LogP contribution in [0.2, 0.25) is 0 Å². The molecule has 100 valence electrons. The molecule has 1 N–H and O–H groups in total. The quantitative estimate of drug-likeness (QED) is 0.740. The lowest BCUT2D eigenvalue weighted by molar-refractivity contribution is -0.141. The zero-order valence-corrected chi connectivity index (χ0v) is 10.2. The Kier molecular flexibility index (Phi) is 2.89. The Labute approximate surface area is 105 Å². The molecule has 3 aliphatic heterocycles. The normalized spacial score (nSPS) is 35.0. The summed E-state index contributed by atoms with van der Waals surface area (Å²) in [5.41, 5.74) is 0. The summed E-state index contributed by atoms with van der Waals surface area (Å²) >= 11 is 0. The molecular weight excluding hydrogens is 236 g/mol. The first kappa shape index (κ1) is 11.8. The molecule has 6 heteroatoms. The third kappa shape index (κ3) is 1.94. The molecule has 0 spiro atoms. The number of urea groups is 1. The molecule has 0 aromatic carbocycles. The van der Waals surface area contributed by atoms with Crippen molar-refractivity contribution < 1.29 is 19.4 Å². The van der Waals surface area contributed by atoms with Crippen molar-refractivity contribution in [2.45, 2.75) is 43.9 Å². The summed E-state index contributed by atoms with van der Waals surface area (Å²) in [7, 11) is 0. The van der Waals surface area contributed by atoms with Crippen LogP contribution < -0.4 is 0 Å². The van der Waals surface area contributed by atoms with Gasteiger partial charge in [0.25, 0.3) is 0 Å². The van der Waals surface area contributed by atoms with Gasteiger partial charge in [-0.1, -0.05) is 0 Å². The van der Waals surface area contributed by atoms with Crippen molar-refractivity contribution in [3.63, 3.8) is 0 Å². The molecule has 3 heterocycles. The number of ether oxygens (including phenoxy) is 1. The summed E-state index contributed by atoms with van der Waals surface area (Å²) in [6, 6.07) is -0.766. The second-order valence-electron chi connectivity index (χ2n) is 5.33. The fraction of sp³-hybridized carbons (Fsp3) is 0.833. The number of likely N-dealkylation sites (tertiary alicyclic amines) is 2. The van der Waals surface area contributed by atoms with Crippen molar-refractivity contribution in [2.24, 2.45) is 0 Å². The molecule has 0 aromatic rings. The average Bonchev–Trinajstić information content (AvgIpc) is 2.95. The third-order valence-corrected chi connectivity index (χ3v) is 4.10. The molecule has 3 fully saturated rings. The zero-order valence-electron chi connectivity index (χ0n) is 10.2. The van der Waals surface area contributed by atoms with Gasteiger partial charge in [-0.25, -0.2) is 9.59 Å². The minimum atomic E-state index is -0.892.